The molecule has 0 aliphatic carbocycles. The molecule has 6 heteroatoms. The van der Waals surface area contributed by atoms with Crippen LogP contribution < -0.4 is 10.2 Å². The zero-order chi connectivity index (χ0) is 13.0. The third-order valence-electron chi connectivity index (χ3n) is 2.53. The molecule has 0 aliphatic rings. The fourth-order valence-corrected chi connectivity index (χ4v) is 1.63. The Balaban J connectivity index is 2.18. The van der Waals surface area contributed by atoms with Crippen LogP contribution in [0.4, 0.5) is 5.69 Å². The summed E-state index contributed by atoms with van der Waals surface area (Å²) in [6, 6.07) is 8.31. The van der Waals surface area contributed by atoms with Crippen LogP contribution in [0.5, 0.6) is 5.75 Å². The zero-order valence-corrected chi connectivity index (χ0v) is 9.87. The number of benzene rings is 1. The lowest BCUT2D eigenvalue weighted by atomic mass is 10.2. The number of nitro benzene ring substituents is 1. The standard InChI is InChI=1S/C12H13N3O3/c1-18-12-5-4-11(15(16)17)8-10(12)9-13-14-6-2-3-7-14/h2-8,13H,9H2,1H3. The Hall–Kier alpha value is -2.50. The topological polar surface area (TPSA) is 69.3 Å². The summed E-state index contributed by atoms with van der Waals surface area (Å²) in [6.45, 7) is 0.444. The third kappa shape index (κ3) is 2.60. The van der Waals surface area contributed by atoms with Gasteiger partial charge >= 0.3 is 0 Å². The molecule has 1 N–H and O–H groups in total. The predicted molar refractivity (Wildman–Crippen MR) is 67.1 cm³/mol. The number of aromatic nitrogens is 1. The van der Waals surface area contributed by atoms with Crippen LogP contribution in [0.2, 0.25) is 0 Å². The molecule has 0 spiro atoms. The van der Waals surface area contributed by atoms with Crippen molar-refractivity contribution in [1.29, 1.82) is 0 Å². The number of methoxy groups -OCH3 is 1. The first-order valence-corrected chi connectivity index (χ1v) is 5.39. The molecule has 0 unspecified atom stereocenters. The van der Waals surface area contributed by atoms with Crippen molar-refractivity contribution in [3.63, 3.8) is 0 Å². The Morgan fingerprint density at radius 3 is 2.72 bits per heavy atom. The summed E-state index contributed by atoms with van der Waals surface area (Å²) in [7, 11) is 1.54. The van der Waals surface area contributed by atoms with E-state index in [0.717, 1.165) is 5.56 Å². The van der Waals surface area contributed by atoms with Crippen LogP contribution in [-0.2, 0) is 6.54 Å². The average Bonchev–Trinajstić information content (AvgIpc) is 2.89. The van der Waals surface area contributed by atoms with Crippen molar-refractivity contribution in [3.8, 4) is 5.75 Å². The highest BCUT2D eigenvalue weighted by Crippen LogP contribution is 2.23. The minimum Gasteiger partial charge on any atom is -0.496 e. The van der Waals surface area contributed by atoms with Crippen LogP contribution in [-0.4, -0.2) is 16.7 Å². The maximum absolute atomic E-state index is 10.7. The zero-order valence-electron chi connectivity index (χ0n) is 9.87. The van der Waals surface area contributed by atoms with Gasteiger partial charge in [0.2, 0.25) is 0 Å². The highest BCUT2D eigenvalue weighted by Gasteiger charge is 2.10. The Bertz CT molecular complexity index is 538. The summed E-state index contributed by atoms with van der Waals surface area (Å²) < 4.78 is 6.95. The van der Waals surface area contributed by atoms with Gasteiger partial charge < -0.3 is 10.2 Å². The summed E-state index contributed by atoms with van der Waals surface area (Å²) in [4.78, 5) is 10.3. The van der Waals surface area contributed by atoms with Gasteiger partial charge in [0.25, 0.3) is 5.69 Å². The first-order chi connectivity index (χ1) is 8.70. The van der Waals surface area contributed by atoms with Crippen LogP contribution >= 0.6 is 0 Å². The van der Waals surface area contributed by atoms with Gasteiger partial charge in [-0.05, 0) is 18.2 Å². The van der Waals surface area contributed by atoms with Crippen LogP contribution in [0.15, 0.2) is 42.7 Å². The molecule has 0 radical (unpaired) electrons. The minimum atomic E-state index is -0.418. The first kappa shape index (κ1) is 12.0. The Morgan fingerprint density at radius 2 is 2.11 bits per heavy atom. The van der Waals surface area contributed by atoms with Gasteiger partial charge in [0.05, 0.1) is 18.6 Å². The number of ether oxygens (including phenoxy) is 1. The molecule has 6 nitrogen and oxygen atoms in total. The molecule has 0 fully saturated rings. The van der Waals surface area contributed by atoms with Gasteiger partial charge in [0, 0.05) is 30.1 Å². The molecule has 1 aromatic heterocycles. The molecule has 18 heavy (non-hydrogen) atoms. The van der Waals surface area contributed by atoms with Gasteiger partial charge in [0.1, 0.15) is 5.75 Å². The molecule has 0 aliphatic heterocycles. The number of rotatable bonds is 5. The molecular weight excluding hydrogens is 234 g/mol. The molecule has 2 rings (SSSR count). The molecule has 2 aromatic rings. The second-order valence-electron chi connectivity index (χ2n) is 3.68. The van der Waals surface area contributed by atoms with Crippen molar-refractivity contribution < 1.29 is 9.66 Å². The van der Waals surface area contributed by atoms with E-state index in [9.17, 15) is 10.1 Å². The molecule has 1 aromatic carbocycles. The van der Waals surface area contributed by atoms with Gasteiger partial charge in [-0.1, -0.05) is 0 Å². The van der Waals surface area contributed by atoms with Gasteiger partial charge in [-0.25, -0.2) is 0 Å². The lowest BCUT2D eigenvalue weighted by molar-refractivity contribution is -0.384. The van der Waals surface area contributed by atoms with Crippen LogP contribution in [0, 0.1) is 10.1 Å². The highest BCUT2D eigenvalue weighted by molar-refractivity contribution is 5.44. The average molecular weight is 247 g/mol. The van der Waals surface area contributed by atoms with Crippen molar-refractivity contribution in [2.24, 2.45) is 0 Å². The molecule has 0 amide bonds. The summed E-state index contributed by atoms with van der Waals surface area (Å²) in [5.41, 5.74) is 3.89. The lowest BCUT2D eigenvalue weighted by Gasteiger charge is -2.11. The normalized spacial score (nSPS) is 10.1. The van der Waals surface area contributed by atoms with Crippen molar-refractivity contribution in [2.45, 2.75) is 6.54 Å². The van der Waals surface area contributed by atoms with E-state index in [1.54, 1.807) is 17.9 Å². The molecule has 0 saturated carbocycles. The Labute approximate surface area is 104 Å². The number of non-ortho nitro benzene ring substituents is 1. The molecule has 0 atom stereocenters. The van der Waals surface area contributed by atoms with Crippen molar-refractivity contribution in [3.05, 3.63) is 58.4 Å². The van der Waals surface area contributed by atoms with E-state index in [1.807, 2.05) is 24.5 Å². The summed E-state index contributed by atoms with van der Waals surface area (Å²) >= 11 is 0. The number of hydrogen-bond donors (Lipinski definition) is 1. The van der Waals surface area contributed by atoms with Crippen LogP contribution in [0.3, 0.4) is 0 Å². The Morgan fingerprint density at radius 1 is 1.39 bits per heavy atom. The number of nitrogens with zero attached hydrogens (tertiary/aromatic N) is 2. The molecule has 94 valence electrons. The fraction of sp³-hybridized carbons (Fsp3) is 0.167. The van der Waals surface area contributed by atoms with Gasteiger partial charge in [-0.2, -0.15) is 0 Å². The first-order valence-electron chi connectivity index (χ1n) is 5.39. The third-order valence-corrected chi connectivity index (χ3v) is 2.53. The van der Waals surface area contributed by atoms with Crippen LogP contribution in [0.25, 0.3) is 0 Å². The quantitative estimate of drug-likeness (QED) is 0.649. The molecule has 1 heterocycles. The van der Waals surface area contributed by atoms with Gasteiger partial charge in [-0.3, -0.25) is 14.8 Å². The van der Waals surface area contributed by atoms with Crippen molar-refractivity contribution in [2.75, 3.05) is 12.5 Å². The van der Waals surface area contributed by atoms with E-state index >= 15 is 0 Å². The molecule has 0 bridgehead atoms. The SMILES string of the molecule is COc1ccc([N+](=O)[O-])cc1CNn1cccc1. The van der Waals surface area contributed by atoms with E-state index in [4.69, 9.17) is 4.74 Å². The maximum Gasteiger partial charge on any atom is 0.270 e. The van der Waals surface area contributed by atoms with Crippen LogP contribution in [0.1, 0.15) is 5.56 Å². The maximum atomic E-state index is 10.7. The van der Waals surface area contributed by atoms with E-state index < -0.39 is 4.92 Å². The van der Waals surface area contributed by atoms with E-state index in [1.165, 1.54) is 12.1 Å². The fourth-order valence-electron chi connectivity index (χ4n) is 1.63. The number of nitrogens with one attached hydrogen (secondary N) is 1. The largest absolute Gasteiger partial charge is 0.496 e. The van der Waals surface area contributed by atoms with E-state index in [-0.39, 0.29) is 5.69 Å². The smallest absolute Gasteiger partial charge is 0.270 e. The second kappa shape index (κ2) is 5.22. The van der Waals surface area contributed by atoms with E-state index in [2.05, 4.69) is 5.43 Å². The van der Waals surface area contributed by atoms with Crippen molar-refractivity contribution >= 4 is 5.69 Å². The summed E-state index contributed by atoms with van der Waals surface area (Å²) in [6.07, 6.45) is 3.70. The van der Waals surface area contributed by atoms with Gasteiger partial charge in [-0.15, -0.1) is 0 Å². The minimum absolute atomic E-state index is 0.0557. The molecule has 0 saturated heterocycles. The van der Waals surface area contributed by atoms with Crippen molar-refractivity contribution in [1.82, 2.24) is 4.68 Å². The summed E-state index contributed by atoms with van der Waals surface area (Å²) in [5, 5.41) is 10.7. The number of nitro groups is 1. The monoisotopic (exact) mass is 247 g/mol. The second-order valence-corrected chi connectivity index (χ2v) is 3.68. The van der Waals surface area contributed by atoms with Gasteiger partial charge in [0.15, 0.2) is 0 Å². The summed E-state index contributed by atoms with van der Waals surface area (Å²) in [5.74, 6) is 0.625. The number of hydrogen-bond acceptors (Lipinski definition) is 4. The van der Waals surface area contributed by atoms with E-state index in [0.29, 0.717) is 12.3 Å². The highest BCUT2D eigenvalue weighted by atomic mass is 16.6. The predicted octanol–water partition coefficient (Wildman–Crippen LogP) is 2.15. The molecular formula is C12H13N3O3. The Kier molecular flexibility index (Phi) is 3.47. The lowest BCUT2D eigenvalue weighted by Crippen LogP contribution is -2.12.